The molecule has 0 saturated heterocycles. The molecule has 0 amide bonds. The van der Waals surface area contributed by atoms with Crippen LogP contribution in [0, 0.1) is 11.6 Å². The van der Waals surface area contributed by atoms with E-state index in [4.69, 9.17) is 5.11 Å². The molecule has 6 heteroatoms. The number of aliphatic hydroxyl groups is 1. The highest BCUT2D eigenvalue weighted by Crippen LogP contribution is 2.25. The molecule has 0 aliphatic rings. The number of nitrogens with one attached hydrogen (secondary N) is 1. The lowest BCUT2D eigenvalue weighted by Crippen LogP contribution is -2.38. The van der Waals surface area contributed by atoms with Crippen LogP contribution in [0.15, 0.2) is 12.1 Å². The van der Waals surface area contributed by atoms with E-state index in [1.807, 2.05) is 0 Å². The number of carbonyl (C=O) groups is 1. The molecule has 0 bridgehead atoms. The Morgan fingerprint density at radius 2 is 2.00 bits per heavy atom. The molecule has 3 N–H and O–H groups in total. The molecule has 0 aliphatic heterocycles. The Kier molecular flexibility index (Phi) is 4.24. The van der Waals surface area contributed by atoms with Gasteiger partial charge in [-0.25, -0.2) is 13.6 Å². The van der Waals surface area contributed by atoms with E-state index in [0.29, 0.717) is 6.42 Å². The molecule has 4 nitrogen and oxygen atoms in total. The molecular weight excluding hydrogens is 244 g/mol. The number of rotatable bonds is 5. The van der Waals surface area contributed by atoms with Gasteiger partial charge in [-0.3, -0.25) is 0 Å². The fourth-order valence-electron chi connectivity index (χ4n) is 1.38. The Labute approximate surface area is 103 Å². The van der Waals surface area contributed by atoms with Gasteiger partial charge in [0.2, 0.25) is 0 Å². The van der Waals surface area contributed by atoms with Gasteiger partial charge in [0.1, 0.15) is 0 Å². The number of aromatic carboxylic acids is 1. The molecule has 0 aromatic heterocycles. The first-order valence-electron chi connectivity index (χ1n) is 5.45. The van der Waals surface area contributed by atoms with E-state index in [1.54, 1.807) is 13.8 Å². The van der Waals surface area contributed by atoms with Crippen molar-refractivity contribution in [3.63, 3.8) is 0 Å². The summed E-state index contributed by atoms with van der Waals surface area (Å²) in [7, 11) is 0. The predicted molar refractivity (Wildman–Crippen MR) is 62.7 cm³/mol. The summed E-state index contributed by atoms with van der Waals surface area (Å²) in [6, 6.07) is 2.13. The van der Waals surface area contributed by atoms with E-state index in [0.717, 1.165) is 12.1 Å². The second-order valence-corrected chi connectivity index (χ2v) is 4.29. The van der Waals surface area contributed by atoms with Gasteiger partial charge < -0.3 is 15.5 Å². The lowest BCUT2D eigenvalue weighted by Gasteiger charge is -2.28. The number of hydrogen-bond acceptors (Lipinski definition) is 3. The smallest absolute Gasteiger partial charge is 0.338 e. The molecule has 1 atom stereocenters. The zero-order chi connectivity index (χ0) is 13.9. The summed E-state index contributed by atoms with van der Waals surface area (Å²) >= 11 is 0. The van der Waals surface area contributed by atoms with E-state index in [9.17, 15) is 18.7 Å². The monoisotopic (exact) mass is 259 g/mol. The van der Waals surface area contributed by atoms with Crippen LogP contribution in [0.2, 0.25) is 0 Å². The lowest BCUT2D eigenvalue weighted by atomic mass is 9.99. The van der Waals surface area contributed by atoms with Gasteiger partial charge in [0.15, 0.2) is 11.6 Å². The van der Waals surface area contributed by atoms with Gasteiger partial charge in [-0.2, -0.15) is 0 Å². The van der Waals surface area contributed by atoms with Gasteiger partial charge in [0.25, 0.3) is 0 Å². The number of halogens is 2. The van der Waals surface area contributed by atoms with Gasteiger partial charge in [0.05, 0.1) is 23.4 Å². The summed E-state index contributed by atoms with van der Waals surface area (Å²) in [6.45, 7) is 3.17. The second kappa shape index (κ2) is 5.30. The Balaban J connectivity index is 3.13. The topological polar surface area (TPSA) is 69.6 Å². The van der Waals surface area contributed by atoms with Gasteiger partial charge in [-0.1, -0.05) is 6.92 Å². The number of hydrogen-bond donors (Lipinski definition) is 3. The first kappa shape index (κ1) is 14.4. The van der Waals surface area contributed by atoms with Crippen LogP contribution in [0.5, 0.6) is 0 Å². The predicted octanol–water partition coefficient (Wildman–Crippen LogP) is 2.24. The molecule has 1 aromatic carbocycles. The number of carboxylic acids is 1. The molecule has 1 aromatic rings. The third-order valence-electron chi connectivity index (χ3n) is 2.88. The number of benzene rings is 1. The van der Waals surface area contributed by atoms with E-state index >= 15 is 0 Å². The number of aliphatic hydroxyl groups excluding tert-OH is 1. The van der Waals surface area contributed by atoms with Gasteiger partial charge in [-0.05, 0) is 25.5 Å². The molecule has 18 heavy (non-hydrogen) atoms. The minimum Gasteiger partial charge on any atom is -0.478 e. The highest BCUT2D eigenvalue weighted by Gasteiger charge is 2.24. The van der Waals surface area contributed by atoms with Crippen LogP contribution in [0.4, 0.5) is 14.5 Å². The summed E-state index contributed by atoms with van der Waals surface area (Å²) in [5.41, 5.74) is -1.69. The molecule has 0 fully saturated rings. The third kappa shape index (κ3) is 2.76. The lowest BCUT2D eigenvalue weighted by molar-refractivity contribution is 0.0690. The van der Waals surface area contributed by atoms with Crippen molar-refractivity contribution in [2.45, 2.75) is 25.8 Å². The first-order valence-corrected chi connectivity index (χ1v) is 5.45. The molecular formula is C12H15F2NO3. The Hall–Kier alpha value is -1.69. The molecule has 100 valence electrons. The molecule has 1 rings (SSSR count). The molecule has 0 saturated carbocycles. The normalized spacial score (nSPS) is 14.1. The molecule has 0 spiro atoms. The maximum Gasteiger partial charge on any atom is 0.338 e. The summed E-state index contributed by atoms with van der Waals surface area (Å²) in [4.78, 5) is 10.6. The van der Waals surface area contributed by atoms with Crippen molar-refractivity contribution in [3.05, 3.63) is 29.3 Å². The van der Waals surface area contributed by atoms with Crippen molar-refractivity contribution in [1.29, 1.82) is 0 Å². The maximum atomic E-state index is 13.6. The zero-order valence-electron chi connectivity index (χ0n) is 10.1. The van der Waals surface area contributed by atoms with Crippen molar-refractivity contribution in [2.75, 3.05) is 11.9 Å². The Bertz CT molecular complexity index is 459. The van der Waals surface area contributed by atoms with Crippen molar-refractivity contribution < 1.29 is 23.8 Å². The standard InChI is InChI=1S/C12H15F2NO3/c1-3-12(2,6-16)15-8-5-4-7(11(17)18)9(13)10(8)14/h4-5,15-16H,3,6H2,1-2H3,(H,17,18). The minimum absolute atomic E-state index is 0.170. The van der Waals surface area contributed by atoms with Crippen molar-refractivity contribution in [1.82, 2.24) is 0 Å². The van der Waals surface area contributed by atoms with Crippen LogP contribution < -0.4 is 5.32 Å². The van der Waals surface area contributed by atoms with E-state index in [2.05, 4.69) is 5.32 Å². The van der Waals surface area contributed by atoms with Crippen LogP contribution in [0.3, 0.4) is 0 Å². The number of carboxylic acid groups (broad SMARTS) is 1. The average molecular weight is 259 g/mol. The van der Waals surface area contributed by atoms with Gasteiger partial charge >= 0.3 is 5.97 Å². The molecule has 1 unspecified atom stereocenters. The summed E-state index contributed by atoms with van der Waals surface area (Å²) in [5, 5.41) is 20.5. The molecule has 0 radical (unpaired) electrons. The van der Waals surface area contributed by atoms with Crippen LogP contribution >= 0.6 is 0 Å². The maximum absolute atomic E-state index is 13.6. The van der Waals surface area contributed by atoms with Crippen LogP contribution in [-0.4, -0.2) is 28.3 Å². The molecule has 0 aliphatic carbocycles. The van der Waals surface area contributed by atoms with E-state index in [-0.39, 0.29) is 12.3 Å². The highest BCUT2D eigenvalue weighted by molar-refractivity contribution is 5.88. The summed E-state index contributed by atoms with van der Waals surface area (Å²) in [5.74, 6) is -4.20. The average Bonchev–Trinajstić information content (AvgIpc) is 2.34. The van der Waals surface area contributed by atoms with Crippen molar-refractivity contribution in [2.24, 2.45) is 0 Å². The largest absolute Gasteiger partial charge is 0.478 e. The van der Waals surface area contributed by atoms with Gasteiger partial charge in [-0.15, -0.1) is 0 Å². The minimum atomic E-state index is -1.53. The summed E-state index contributed by atoms with van der Waals surface area (Å²) < 4.78 is 27.1. The zero-order valence-corrected chi connectivity index (χ0v) is 10.1. The fourth-order valence-corrected chi connectivity index (χ4v) is 1.38. The Morgan fingerprint density at radius 1 is 1.39 bits per heavy atom. The van der Waals surface area contributed by atoms with E-state index < -0.39 is 28.7 Å². The van der Waals surface area contributed by atoms with Crippen LogP contribution in [0.25, 0.3) is 0 Å². The quantitative estimate of drug-likeness (QED) is 0.758. The van der Waals surface area contributed by atoms with Gasteiger partial charge in [0, 0.05) is 0 Å². The Morgan fingerprint density at radius 3 is 2.44 bits per heavy atom. The van der Waals surface area contributed by atoms with Crippen molar-refractivity contribution in [3.8, 4) is 0 Å². The van der Waals surface area contributed by atoms with Crippen molar-refractivity contribution >= 4 is 11.7 Å². The third-order valence-corrected chi connectivity index (χ3v) is 2.88. The first-order chi connectivity index (χ1) is 8.34. The van der Waals surface area contributed by atoms with Crippen LogP contribution in [0.1, 0.15) is 30.6 Å². The molecule has 0 heterocycles. The van der Waals surface area contributed by atoms with E-state index in [1.165, 1.54) is 0 Å². The SMILES string of the molecule is CCC(C)(CO)Nc1ccc(C(=O)O)c(F)c1F. The van der Waals surface area contributed by atoms with Crippen LogP contribution in [-0.2, 0) is 0 Å². The summed E-state index contributed by atoms with van der Waals surface area (Å²) in [6.07, 6.45) is 0.491. The second-order valence-electron chi connectivity index (χ2n) is 4.29. The fraction of sp³-hybridized carbons (Fsp3) is 0.417. The highest BCUT2D eigenvalue weighted by atomic mass is 19.2. The number of anilines is 1.